The van der Waals surface area contributed by atoms with Crippen molar-refractivity contribution in [1.82, 2.24) is 4.90 Å². The van der Waals surface area contributed by atoms with Gasteiger partial charge in [0.05, 0.1) is 11.3 Å². The number of anilines is 1. The summed E-state index contributed by atoms with van der Waals surface area (Å²) in [7, 11) is 0. The van der Waals surface area contributed by atoms with E-state index in [1.54, 1.807) is 24.0 Å². The van der Waals surface area contributed by atoms with E-state index in [1.165, 1.54) is 4.90 Å². The first-order valence-corrected chi connectivity index (χ1v) is 11.2. The lowest BCUT2D eigenvalue weighted by Gasteiger charge is -2.27. The number of nitrogens with zero attached hydrogens (tertiary/aromatic N) is 2. The van der Waals surface area contributed by atoms with Crippen molar-refractivity contribution < 1.29 is 24.2 Å². The van der Waals surface area contributed by atoms with Crippen LogP contribution in [0.1, 0.15) is 37.6 Å². The number of benzene rings is 2. The summed E-state index contributed by atoms with van der Waals surface area (Å²) in [6, 6.07) is 11.7. The molecule has 33 heavy (non-hydrogen) atoms. The van der Waals surface area contributed by atoms with Gasteiger partial charge in [0.25, 0.3) is 5.91 Å². The molecule has 2 aromatic carbocycles. The molecule has 1 aliphatic heterocycles. The van der Waals surface area contributed by atoms with Crippen LogP contribution in [-0.4, -0.2) is 60.1 Å². The van der Waals surface area contributed by atoms with Crippen LogP contribution in [0.2, 0.25) is 0 Å². The molecule has 1 heterocycles. The molecule has 8 nitrogen and oxygen atoms in total. The van der Waals surface area contributed by atoms with E-state index in [1.807, 2.05) is 44.2 Å². The minimum Gasteiger partial charge on any atom is -0.492 e. The highest BCUT2D eigenvalue weighted by atomic mass is 16.5. The Kier molecular flexibility index (Phi) is 7.71. The normalized spacial score (nSPS) is 14.8. The van der Waals surface area contributed by atoms with E-state index in [2.05, 4.69) is 0 Å². The van der Waals surface area contributed by atoms with Crippen LogP contribution in [0, 0.1) is 5.92 Å². The molecule has 2 aromatic rings. The zero-order chi connectivity index (χ0) is 24.1. The molecule has 0 bridgehead atoms. The van der Waals surface area contributed by atoms with Gasteiger partial charge < -0.3 is 25.4 Å². The van der Waals surface area contributed by atoms with Crippen molar-refractivity contribution in [2.24, 2.45) is 11.7 Å². The first-order valence-electron chi connectivity index (χ1n) is 11.2. The molecule has 0 fully saturated rings. The number of carboxylic acids is 1. The third-order valence-electron chi connectivity index (χ3n) is 5.56. The Morgan fingerprint density at radius 2 is 1.79 bits per heavy atom. The van der Waals surface area contributed by atoms with Crippen LogP contribution in [0.3, 0.4) is 0 Å². The molecular formula is C25H31N3O5. The Labute approximate surface area is 193 Å². The Morgan fingerprint density at radius 3 is 2.36 bits per heavy atom. The molecule has 8 heteroatoms. The van der Waals surface area contributed by atoms with E-state index < -0.39 is 17.9 Å². The molecule has 176 valence electrons. The van der Waals surface area contributed by atoms with Gasteiger partial charge in [-0.25, -0.2) is 4.79 Å². The van der Waals surface area contributed by atoms with Gasteiger partial charge >= 0.3 is 5.97 Å². The maximum atomic E-state index is 13.5. The molecule has 3 rings (SSSR count). The van der Waals surface area contributed by atoms with Crippen molar-refractivity contribution in [1.29, 1.82) is 0 Å². The van der Waals surface area contributed by atoms with Gasteiger partial charge in [0.15, 0.2) is 0 Å². The van der Waals surface area contributed by atoms with Crippen LogP contribution in [0.15, 0.2) is 42.5 Å². The highest BCUT2D eigenvalue weighted by Gasteiger charge is 2.37. The number of carboxylic acid groups (broad SMARTS) is 1. The SMILES string of the molecule is CCC(C(=O)O)N1CC(=O)N(CC(C)C)c2ccc(-c3ccc(OCCN)cc3)cc2C1=O. The van der Waals surface area contributed by atoms with Crippen molar-refractivity contribution in [3.8, 4) is 16.9 Å². The summed E-state index contributed by atoms with van der Waals surface area (Å²) in [5, 5.41) is 9.66. The van der Waals surface area contributed by atoms with Crippen molar-refractivity contribution in [3.05, 3.63) is 48.0 Å². The summed E-state index contributed by atoms with van der Waals surface area (Å²) in [5.41, 5.74) is 7.96. The third-order valence-corrected chi connectivity index (χ3v) is 5.56. The van der Waals surface area contributed by atoms with Crippen LogP contribution < -0.4 is 15.4 Å². The first kappa shape index (κ1) is 24.3. The van der Waals surface area contributed by atoms with Gasteiger partial charge in [-0.05, 0) is 47.7 Å². The fourth-order valence-corrected chi connectivity index (χ4v) is 3.98. The summed E-state index contributed by atoms with van der Waals surface area (Å²) in [4.78, 5) is 41.2. The van der Waals surface area contributed by atoms with Crippen molar-refractivity contribution in [2.75, 3.05) is 31.1 Å². The molecule has 0 saturated heterocycles. The third kappa shape index (κ3) is 5.34. The fourth-order valence-electron chi connectivity index (χ4n) is 3.98. The molecular weight excluding hydrogens is 422 g/mol. The number of ether oxygens (including phenoxy) is 1. The average molecular weight is 454 g/mol. The average Bonchev–Trinajstić information content (AvgIpc) is 2.88. The Bertz CT molecular complexity index is 1020. The lowest BCUT2D eigenvalue weighted by molar-refractivity contribution is -0.142. The maximum Gasteiger partial charge on any atom is 0.326 e. The minimum absolute atomic E-state index is 0.172. The topological polar surface area (TPSA) is 113 Å². The lowest BCUT2D eigenvalue weighted by atomic mass is 10.00. The predicted molar refractivity (Wildman–Crippen MR) is 126 cm³/mol. The number of hydrogen-bond acceptors (Lipinski definition) is 5. The Hall–Kier alpha value is -3.39. The summed E-state index contributed by atoms with van der Waals surface area (Å²) in [5.74, 6) is -0.997. The number of aliphatic carboxylic acids is 1. The molecule has 0 radical (unpaired) electrons. The van der Waals surface area contributed by atoms with E-state index in [9.17, 15) is 19.5 Å². The molecule has 3 N–H and O–H groups in total. The summed E-state index contributed by atoms with van der Waals surface area (Å²) >= 11 is 0. The molecule has 2 amide bonds. The van der Waals surface area contributed by atoms with Gasteiger partial charge in [-0.15, -0.1) is 0 Å². The monoisotopic (exact) mass is 453 g/mol. The van der Waals surface area contributed by atoms with E-state index >= 15 is 0 Å². The number of hydrogen-bond donors (Lipinski definition) is 2. The number of fused-ring (bicyclic) bond motifs is 1. The van der Waals surface area contributed by atoms with Crippen LogP contribution in [0.5, 0.6) is 5.75 Å². The van der Waals surface area contributed by atoms with Crippen molar-refractivity contribution >= 4 is 23.5 Å². The smallest absolute Gasteiger partial charge is 0.326 e. The highest BCUT2D eigenvalue weighted by Crippen LogP contribution is 2.33. The molecule has 0 aromatic heterocycles. The Balaban J connectivity index is 2.06. The second-order valence-corrected chi connectivity index (χ2v) is 8.49. The maximum absolute atomic E-state index is 13.5. The molecule has 1 aliphatic rings. The minimum atomic E-state index is -1.12. The fraction of sp³-hybridized carbons (Fsp3) is 0.400. The quantitative estimate of drug-likeness (QED) is 0.603. The van der Waals surface area contributed by atoms with E-state index in [4.69, 9.17) is 10.5 Å². The number of nitrogens with two attached hydrogens (primary N) is 1. The molecule has 0 aliphatic carbocycles. The van der Waals surface area contributed by atoms with E-state index in [0.717, 1.165) is 11.1 Å². The van der Waals surface area contributed by atoms with Crippen molar-refractivity contribution in [2.45, 2.75) is 33.2 Å². The Morgan fingerprint density at radius 1 is 1.12 bits per heavy atom. The van der Waals surface area contributed by atoms with Crippen LogP contribution in [-0.2, 0) is 9.59 Å². The summed E-state index contributed by atoms with van der Waals surface area (Å²) < 4.78 is 5.52. The van der Waals surface area contributed by atoms with E-state index in [0.29, 0.717) is 36.7 Å². The summed E-state index contributed by atoms with van der Waals surface area (Å²) in [6.07, 6.45) is 0.206. The zero-order valence-corrected chi connectivity index (χ0v) is 19.3. The zero-order valence-electron chi connectivity index (χ0n) is 19.3. The number of carbonyl (C=O) groups is 3. The van der Waals surface area contributed by atoms with Gasteiger partial charge in [-0.3, -0.25) is 9.59 Å². The van der Waals surface area contributed by atoms with Crippen LogP contribution in [0.25, 0.3) is 11.1 Å². The van der Waals surface area contributed by atoms with Gasteiger partial charge in [0.2, 0.25) is 5.91 Å². The second kappa shape index (κ2) is 10.5. The standard InChI is InChI=1S/C25H31N3O5/c1-4-21(25(31)32)28-15-23(29)27(14-16(2)3)22-10-7-18(13-20(22)24(28)30)17-5-8-19(9-6-17)33-12-11-26/h5-10,13,16,21H,4,11-12,14-15,26H2,1-3H3,(H,31,32). The van der Waals surface area contributed by atoms with E-state index in [-0.39, 0.29) is 24.8 Å². The van der Waals surface area contributed by atoms with Crippen LogP contribution in [0.4, 0.5) is 5.69 Å². The number of amides is 2. The summed E-state index contributed by atoms with van der Waals surface area (Å²) in [6.45, 7) is 6.69. The van der Waals surface area contributed by atoms with Gasteiger partial charge in [0.1, 0.15) is 24.9 Å². The number of rotatable bonds is 9. The van der Waals surface area contributed by atoms with Crippen LogP contribution >= 0.6 is 0 Å². The number of carbonyl (C=O) groups excluding carboxylic acids is 2. The second-order valence-electron chi connectivity index (χ2n) is 8.49. The molecule has 1 unspecified atom stereocenters. The van der Waals surface area contributed by atoms with Gasteiger partial charge in [-0.1, -0.05) is 39.0 Å². The first-order chi connectivity index (χ1) is 15.8. The molecule has 1 atom stereocenters. The van der Waals surface area contributed by atoms with Crippen molar-refractivity contribution in [3.63, 3.8) is 0 Å². The van der Waals surface area contributed by atoms with Gasteiger partial charge in [0, 0.05) is 13.1 Å². The highest BCUT2D eigenvalue weighted by molar-refractivity contribution is 6.11. The van der Waals surface area contributed by atoms with Gasteiger partial charge in [-0.2, -0.15) is 0 Å². The largest absolute Gasteiger partial charge is 0.492 e. The molecule has 0 spiro atoms. The lowest BCUT2D eigenvalue weighted by Crippen LogP contribution is -2.48. The molecule has 0 saturated carbocycles. The predicted octanol–water partition coefficient (Wildman–Crippen LogP) is 3.00.